The van der Waals surface area contributed by atoms with Crippen LogP contribution in [0.25, 0.3) is 0 Å². The van der Waals surface area contributed by atoms with Crippen molar-refractivity contribution in [3.05, 3.63) is 0 Å². The number of rotatable bonds is 6. The van der Waals surface area contributed by atoms with Crippen molar-refractivity contribution in [3.63, 3.8) is 0 Å². The Labute approximate surface area is 108 Å². The van der Waals surface area contributed by atoms with Gasteiger partial charge in [0.15, 0.2) is 0 Å². The first kappa shape index (κ1) is 15.0. The zero-order valence-electron chi connectivity index (χ0n) is 11.2. The number of amides is 1. The van der Waals surface area contributed by atoms with Crippen LogP contribution in [0.3, 0.4) is 0 Å². The third-order valence-corrected chi connectivity index (χ3v) is 3.77. The van der Waals surface area contributed by atoms with Gasteiger partial charge in [-0.25, -0.2) is 0 Å². The van der Waals surface area contributed by atoms with E-state index in [1.807, 2.05) is 6.92 Å². The molecule has 1 aliphatic rings. The zero-order chi connectivity index (χ0) is 13.5. The summed E-state index contributed by atoms with van der Waals surface area (Å²) in [6.45, 7) is 5.05. The molecule has 0 saturated carbocycles. The van der Waals surface area contributed by atoms with Crippen LogP contribution < -0.4 is 10.6 Å². The lowest BCUT2D eigenvalue weighted by molar-refractivity contribution is -0.141. The molecule has 0 aromatic carbocycles. The van der Waals surface area contributed by atoms with E-state index in [1.54, 1.807) is 0 Å². The smallest absolute Gasteiger partial charge is 0.308 e. The van der Waals surface area contributed by atoms with Crippen LogP contribution in [-0.2, 0) is 9.59 Å². The van der Waals surface area contributed by atoms with Crippen molar-refractivity contribution >= 4 is 11.9 Å². The van der Waals surface area contributed by atoms with Gasteiger partial charge in [0.05, 0.1) is 12.0 Å². The van der Waals surface area contributed by atoms with Crippen molar-refractivity contribution in [1.29, 1.82) is 0 Å². The second-order valence-electron chi connectivity index (χ2n) is 4.99. The first-order chi connectivity index (χ1) is 8.58. The van der Waals surface area contributed by atoms with E-state index in [-0.39, 0.29) is 18.5 Å². The lowest BCUT2D eigenvalue weighted by Crippen LogP contribution is -2.49. The first-order valence-corrected chi connectivity index (χ1v) is 6.82. The van der Waals surface area contributed by atoms with E-state index in [2.05, 4.69) is 17.6 Å². The fraction of sp³-hybridized carbons (Fsp3) is 0.846. The van der Waals surface area contributed by atoms with Gasteiger partial charge in [0, 0.05) is 6.54 Å². The summed E-state index contributed by atoms with van der Waals surface area (Å²) < 4.78 is 0. The average molecular weight is 256 g/mol. The molecule has 1 amide bonds. The molecule has 1 fully saturated rings. The minimum absolute atomic E-state index is 0.0622. The maximum atomic E-state index is 11.9. The molecule has 0 aromatic rings. The van der Waals surface area contributed by atoms with E-state index in [0.717, 1.165) is 25.8 Å². The highest BCUT2D eigenvalue weighted by Crippen LogP contribution is 2.19. The number of hydrogen-bond donors (Lipinski definition) is 3. The molecule has 1 rings (SSSR count). The predicted octanol–water partition coefficient (Wildman–Crippen LogP) is 0.992. The first-order valence-electron chi connectivity index (χ1n) is 6.82. The number of carbonyl (C=O) groups is 2. The van der Waals surface area contributed by atoms with E-state index in [9.17, 15) is 9.59 Å². The van der Waals surface area contributed by atoms with E-state index >= 15 is 0 Å². The standard InChI is InChI=1S/C13H24N2O3/c1-3-9-5-6-14-11(7-9)12(16)15-8-10(4-2)13(17)18/h9-11,14H,3-8H2,1-2H3,(H,15,16)(H,17,18). The summed E-state index contributed by atoms with van der Waals surface area (Å²) in [5.41, 5.74) is 0. The normalized spacial score (nSPS) is 25.4. The molecule has 3 N–H and O–H groups in total. The summed E-state index contributed by atoms with van der Waals surface area (Å²) in [6, 6.07) is -0.157. The number of piperidine rings is 1. The van der Waals surface area contributed by atoms with Crippen LogP contribution in [0.2, 0.25) is 0 Å². The van der Waals surface area contributed by atoms with Gasteiger partial charge in [-0.15, -0.1) is 0 Å². The molecule has 0 aliphatic carbocycles. The number of carbonyl (C=O) groups excluding carboxylic acids is 1. The second kappa shape index (κ2) is 7.36. The molecule has 1 heterocycles. The second-order valence-corrected chi connectivity index (χ2v) is 4.99. The van der Waals surface area contributed by atoms with Crippen molar-refractivity contribution in [2.45, 2.75) is 45.6 Å². The van der Waals surface area contributed by atoms with Gasteiger partial charge in [0.25, 0.3) is 0 Å². The minimum Gasteiger partial charge on any atom is -0.481 e. The zero-order valence-corrected chi connectivity index (χ0v) is 11.2. The van der Waals surface area contributed by atoms with Crippen LogP contribution in [0, 0.1) is 11.8 Å². The van der Waals surface area contributed by atoms with Gasteiger partial charge in [-0.2, -0.15) is 0 Å². The van der Waals surface area contributed by atoms with Gasteiger partial charge in [0.2, 0.25) is 5.91 Å². The van der Waals surface area contributed by atoms with Crippen LogP contribution in [0.1, 0.15) is 39.5 Å². The number of carboxylic acid groups (broad SMARTS) is 1. The SMILES string of the molecule is CCC1CCNC(C(=O)NCC(CC)C(=O)O)C1. The van der Waals surface area contributed by atoms with E-state index in [4.69, 9.17) is 5.11 Å². The molecular formula is C13H24N2O3. The van der Waals surface area contributed by atoms with Crippen molar-refractivity contribution in [2.75, 3.05) is 13.1 Å². The van der Waals surface area contributed by atoms with Gasteiger partial charge in [-0.3, -0.25) is 9.59 Å². The highest BCUT2D eigenvalue weighted by molar-refractivity contribution is 5.82. The fourth-order valence-corrected chi connectivity index (χ4v) is 2.32. The van der Waals surface area contributed by atoms with Crippen molar-refractivity contribution in [3.8, 4) is 0 Å². The Morgan fingerprint density at radius 3 is 2.72 bits per heavy atom. The maximum Gasteiger partial charge on any atom is 0.308 e. The molecule has 3 atom stereocenters. The van der Waals surface area contributed by atoms with Crippen molar-refractivity contribution in [2.24, 2.45) is 11.8 Å². The number of nitrogens with one attached hydrogen (secondary N) is 2. The Bertz CT molecular complexity index is 294. The quantitative estimate of drug-likeness (QED) is 0.662. The molecule has 104 valence electrons. The van der Waals surface area contributed by atoms with Gasteiger partial charge < -0.3 is 15.7 Å². The molecule has 5 heteroatoms. The summed E-state index contributed by atoms with van der Waals surface area (Å²) >= 11 is 0. The summed E-state index contributed by atoms with van der Waals surface area (Å²) in [7, 11) is 0. The number of hydrogen-bond acceptors (Lipinski definition) is 3. The van der Waals surface area contributed by atoms with Crippen molar-refractivity contribution in [1.82, 2.24) is 10.6 Å². The maximum absolute atomic E-state index is 11.9. The van der Waals surface area contributed by atoms with E-state index < -0.39 is 11.9 Å². The molecule has 18 heavy (non-hydrogen) atoms. The largest absolute Gasteiger partial charge is 0.481 e. The van der Waals surface area contributed by atoms with Gasteiger partial charge in [-0.1, -0.05) is 20.3 Å². The fourth-order valence-electron chi connectivity index (χ4n) is 2.32. The molecule has 1 aliphatic heterocycles. The minimum atomic E-state index is -0.846. The van der Waals surface area contributed by atoms with Crippen molar-refractivity contribution < 1.29 is 14.7 Å². The van der Waals surface area contributed by atoms with Gasteiger partial charge >= 0.3 is 5.97 Å². The van der Waals surface area contributed by atoms with Crippen LogP contribution >= 0.6 is 0 Å². The summed E-state index contributed by atoms with van der Waals surface area (Å²) in [5, 5.41) is 14.9. The molecule has 3 unspecified atom stereocenters. The van der Waals surface area contributed by atoms with E-state index in [1.165, 1.54) is 0 Å². The molecule has 0 aromatic heterocycles. The molecular weight excluding hydrogens is 232 g/mol. The van der Waals surface area contributed by atoms with Crippen LogP contribution in [0.15, 0.2) is 0 Å². The Kier molecular flexibility index (Phi) is 6.12. The molecule has 0 bridgehead atoms. The lowest BCUT2D eigenvalue weighted by atomic mass is 9.90. The van der Waals surface area contributed by atoms with Crippen LogP contribution in [0.5, 0.6) is 0 Å². The Balaban J connectivity index is 2.38. The molecule has 1 saturated heterocycles. The molecule has 0 spiro atoms. The lowest BCUT2D eigenvalue weighted by Gasteiger charge is -2.29. The topological polar surface area (TPSA) is 78.4 Å². The third kappa shape index (κ3) is 4.29. The van der Waals surface area contributed by atoms with Gasteiger partial charge in [-0.05, 0) is 31.7 Å². The Morgan fingerprint density at radius 2 is 2.17 bits per heavy atom. The van der Waals surface area contributed by atoms with Crippen LogP contribution in [-0.4, -0.2) is 36.1 Å². The molecule has 0 radical (unpaired) electrons. The highest BCUT2D eigenvalue weighted by atomic mass is 16.4. The summed E-state index contributed by atoms with van der Waals surface area (Å²) in [4.78, 5) is 22.8. The van der Waals surface area contributed by atoms with Gasteiger partial charge in [0.1, 0.15) is 0 Å². The summed E-state index contributed by atoms with van der Waals surface area (Å²) in [6.07, 6.45) is 3.60. The highest BCUT2D eigenvalue weighted by Gasteiger charge is 2.26. The Morgan fingerprint density at radius 1 is 1.44 bits per heavy atom. The van der Waals surface area contributed by atoms with Crippen LogP contribution in [0.4, 0.5) is 0 Å². The average Bonchev–Trinajstić information content (AvgIpc) is 2.38. The molecule has 5 nitrogen and oxygen atoms in total. The van der Waals surface area contributed by atoms with E-state index in [0.29, 0.717) is 12.3 Å². The summed E-state index contributed by atoms with van der Waals surface area (Å²) in [5.74, 6) is -0.795. The third-order valence-electron chi connectivity index (χ3n) is 3.77. The monoisotopic (exact) mass is 256 g/mol. The predicted molar refractivity (Wildman–Crippen MR) is 69.2 cm³/mol. The number of carboxylic acids is 1. The number of aliphatic carboxylic acids is 1. The Hall–Kier alpha value is -1.10.